The predicted octanol–water partition coefficient (Wildman–Crippen LogP) is 5.01. The van der Waals surface area contributed by atoms with Crippen LogP contribution >= 0.6 is 0 Å². The molecule has 1 heterocycles. The minimum atomic E-state index is 0.0345. The van der Waals surface area contributed by atoms with Gasteiger partial charge in [-0.2, -0.15) is 5.11 Å². The van der Waals surface area contributed by atoms with Gasteiger partial charge in [0.05, 0.1) is 12.5 Å². The van der Waals surface area contributed by atoms with E-state index in [1.165, 1.54) is 56.1 Å². The Kier molecular flexibility index (Phi) is 4.28. The van der Waals surface area contributed by atoms with Crippen LogP contribution in [0.3, 0.4) is 0 Å². The van der Waals surface area contributed by atoms with Crippen molar-refractivity contribution in [2.75, 3.05) is 6.54 Å². The molecule has 0 saturated heterocycles. The molecule has 0 fully saturated rings. The molecule has 122 valence electrons. The number of allylic oxidation sites excluding steroid dienone is 6. The molecule has 0 saturated carbocycles. The molecule has 0 radical (unpaired) electrons. The number of hydrogen-bond acceptors (Lipinski definition) is 2. The minimum Gasteiger partial charge on any atom is -0.271 e. The van der Waals surface area contributed by atoms with Crippen LogP contribution in [0.4, 0.5) is 0 Å². The zero-order chi connectivity index (χ0) is 15.6. The molecule has 4 rings (SSSR count). The van der Waals surface area contributed by atoms with Crippen molar-refractivity contribution in [2.24, 2.45) is 33.9 Å². The number of carbonyl (C=O) groups is 1. The number of nitrogens with zero attached hydrogens (tertiary/aromatic N) is 2. The highest BCUT2D eigenvalue weighted by Crippen LogP contribution is 2.48. The molecule has 2 unspecified atom stereocenters. The lowest BCUT2D eigenvalue weighted by molar-refractivity contribution is -0.127. The molecular weight excluding hydrogens is 284 g/mol. The van der Waals surface area contributed by atoms with E-state index in [2.05, 4.69) is 34.5 Å². The second-order valence-electron chi connectivity index (χ2n) is 7.47. The second-order valence-corrected chi connectivity index (χ2v) is 7.47. The summed E-state index contributed by atoms with van der Waals surface area (Å²) in [7, 11) is 0. The highest BCUT2D eigenvalue weighted by molar-refractivity contribution is 5.81. The quantitative estimate of drug-likeness (QED) is 0.661. The zero-order valence-corrected chi connectivity index (χ0v) is 13.8. The smallest absolute Gasteiger partial charge is 0.268 e. The van der Waals surface area contributed by atoms with E-state index in [1.54, 1.807) is 0 Å². The number of carbonyl (C=O) groups excluding carboxylic acids is 1. The molecular formula is C20H26N2O. The third kappa shape index (κ3) is 2.86. The van der Waals surface area contributed by atoms with Gasteiger partial charge >= 0.3 is 0 Å². The Labute approximate surface area is 138 Å². The highest BCUT2D eigenvalue weighted by atomic mass is 16.2. The van der Waals surface area contributed by atoms with Crippen molar-refractivity contribution in [1.82, 2.24) is 0 Å². The summed E-state index contributed by atoms with van der Waals surface area (Å²) in [6, 6.07) is 0. The summed E-state index contributed by atoms with van der Waals surface area (Å²) < 4.78 is 0. The number of hydrogen-bond donors (Lipinski definition) is 0. The van der Waals surface area contributed by atoms with Crippen LogP contribution in [-0.2, 0) is 4.79 Å². The van der Waals surface area contributed by atoms with Crippen LogP contribution in [-0.4, -0.2) is 12.5 Å². The SMILES string of the molecule is O=C1N=NCC2CC=C(C3=CCCCC3)[C@@H]([C@H]3C=CCCC3)C12. The third-order valence-corrected chi connectivity index (χ3v) is 6.08. The van der Waals surface area contributed by atoms with Gasteiger partial charge in [-0.25, -0.2) is 0 Å². The van der Waals surface area contributed by atoms with Crippen molar-refractivity contribution < 1.29 is 4.79 Å². The predicted molar refractivity (Wildman–Crippen MR) is 90.9 cm³/mol. The van der Waals surface area contributed by atoms with Gasteiger partial charge in [0.25, 0.3) is 5.91 Å². The summed E-state index contributed by atoms with van der Waals surface area (Å²) in [5, 5.41) is 8.03. The summed E-state index contributed by atoms with van der Waals surface area (Å²) in [6.07, 6.45) is 19.2. The van der Waals surface area contributed by atoms with Crippen LogP contribution < -0.4 is 0 Å². The van der Waals surface area contributed by atoms with Gasteiger partial charge in [-0.05, 0) is 74.3 Å². The van der Waals surface area contributed by atoms with E-state index in [0.29, 0.717) is 17.8 Å². The Morgan fingerprint density at radius 3 is 2.78 bits per heavy atom. The fourth-order valence-electron chi connectivity index (χ4n) is 4.95. The lowest BCUT2D eigenvalue weighted by Gasteiger charge is -2.42. The van der Waals surface area contributed by atoms with E-state index in [4.69, 9.17) is 0 Å². The van der Waals surface area contributed by atoms with Gasteiger partial charge < -0.3 is 0 Å². The average Bonchev–Trinajstić information content (AvgIpc) is 2.62. The summed E-state index contributed by atoms with van der Waals surface area (Å²) in [5.74, 6) is 1.30. The van der Waals surface area contributed by atoms with Gasteiger partial charge in [-0.1, -0.05) is 24.3 Å². The molecule has 23 heavy (non-hydrogen) atoms. The van der Waals surface area contributed by atoms with Crippen LogP contribution in [0.25, 0.3) is 0 Å². The molecule has 3 heteroatoms. The Bertz CT molecular complexity index is 599. The molecule has 3 aliphatic carbocycles. The number of azo groups is 1. The van der Waals surface area contributed by atoms with E-state index in [1.807, 2.05) is 0 Å². The summed E-state index contributed by atoms with van der Waals surface area (Å²) in [5.41, 5.74) is 3.00. The van der Waals surface area contributed by atoms with Gasteiger partial charge in [0.15, 0.2) is 0 Å². The lowest BCUT2D eigenvalue weighted by atomic mass is 9.62. The third-order valence-electron chi connectivity index (χ3n) is 6.08. The topological polar surface area (TPSA) is 41.8 Å². The van der Waals surface area contributed by atoms with Crippen LogP contribution in [0, 0.1) is 23.7 Å². The van der Waals surface area contributed by atoms with Gasteiger partial charge in [0, 0.05) is 5.92 Å². The molecule has 0 N–H and O–H groups in total. The molecule has 0 bridgehead atoms. The largest absolute Gasteiger partial charge is 0.271 e. The molecule has 0 aromatic carbocycles. The first-order valence-electron chi connectivity index (χ1n) is 9.32. The molecule has 0 aromatic rings. The van der Waals surface area contributed by atoms with E-state index in [0.717, 1.165) is 13.0 Å². The van der Waals surface area contributed by atoms with Crippen LogP contribution in [0.5, 0.6) is 0 Å². The summed E-state index contributed by atoms with van der Waals surface area (Å²) in [4.78, 5) is 12.6. The second kappa shape index (κ2) is 6.54. The molecule has 1 aliphatic heterocycles. The van der Waals surface area contributed by atoms with E-state index < -0.39 is 0 Å². The van der Waals surface area contributed by atoms with Gasteiger partial charge in [0.1, 0.15) is 0 Å². The highest BCUT2D eigenvalue weighted by Gasteiger charge is 2.45. The first-order valence-corrected chi connectivity index (χ1v) is 9.32. The maximum absolute atomic E-state index is 12.6. The first-order chi connectivity index (χ1) is 11.3. The monoisotopic (exact) mass is 310 g/mol. The molecule has 0 spiro atoms. The van der Waals surface area contributed by atoms with E-state index in [-0.39, 0.29) is 11.8 Å². The molecule has 4 atom stereocenters. The van der Waals surface area contributed by atoms with Gasteiger partial charge in [-0.3, -0.25) is 4.79 Å². The number of amides is 1. The van der Waals surface area contributed by atoms with Crippen LogP contribution in [0.1, 0.15) is 51.4 Å². The molecule has 1 amide bonds. The standard InChI is InChI=1S/C20H26N2O/c23-20-19-16(13-21-22-20)11-12-17(14-7-3-1-4-8-14)18(19)15-9-5-2-6-10-15/h5,7,9,12,15-16,18-19H,1-4,6,8,10-11,13H2/t15-,16?,18+,19?/m0/s1. The van der Waals surface area contributed by atoms with E-state index >= 15 is 0 Å². The van der Waals surface area contributed by atoms with Crippen LogP contribution in [0.2, 0.25) is 0 Å². The van der Waals surface area contributed by atoms with Crippen molar-refractivity contribution in [3.8, 4) is 0 Å². The summed E-state index contributed by atoms with van der Waals surface area (Å²) >= 11 is 0. The number of rotatable bonds is 2. The Hall–Kier alpha value is -1.51. The van der Waals surface area contributed by atoms with Crippen molar-refractivity contribution in [3.05, 3.63) is 35.5 Å². The van der Waals surface area contributed by atoms with Crippen LogP contribution in [0.15, 0.2) is 45.7 Å². The fraction of sp³-hybridized carbons (Fsp3) is 0.650. The van der Waals surface area contributed by atoms with Crippen molar-refractivity contribution in [2.45, 2.75) is 51.4 Å². The fourth-order valence-corrected chi connectivity index (χ4v) is 4.95. The number of fused-ring (bicyclic) bond motifs is 1. The maximum Gasteiger partial charge on any atom is 0.268 e. The Morgan fingerprint density at radius 1 is 1.04 bits per heavy atom. The summed E-state index contributed by atoms with van der Waals surface area (Å²) in [6.45, 7) is 0.728. The Balaban J connectivity index is 1.72. The van der Waals surface area contributed by atoms with Crippen molar-refractivity contribution in [1.29, 1.82) is 0 Å². The normalized spacial score (nSPS) is 37.1. The van der Waals surface area contributed by atoms with Crippen molar-refractivity contribution >= 4 is 5.91 Å². The van der Waals surface area contributed by atoms with E-state index in [9.17, 15) is 4.79 Å². The zero-order valence-electron chi connectivity index (χ0n) is 13.8. The molecule has 0 aromatic heterocycles. The maximum atomic E-state index is 12.6. The first kappa shape index (κ1) is 15.0. The van der Waals surface area contributed by atoms with Crippen molar-refractivity contribution in [3.63, 3.8) is 0 Å². The van der Waals surface area contributed by atoms with Gasteiger partial charge in [0.2, 0.25) is 0 Å². The molecule has 4 aliphatic rings. The average molecular weight is 310 g/mol. The lowest BCUT2D eigenvalue weighted by Crippen LogP contribution is -2.41. The minimum absolute atomic E-state index is 0.0345. The Morgan fingerprint density at radius 2 is 2.00 bits per heavy atom. The van der Waals surface area contributed by atoms with Gasteiger partial charge in [-0.15, -0.1) is 5.11 Å². The molecule has 3 nitrogen and oxygen atoms in total.